The maximum absolute atomic E-state index is 9.55. The van der Waals surface area contributed by atoms with E-state index in [0.29, 0.717) is 10.8 Å². The minimum Gasteiger partial charge on any atom is -0.504 e. The van der Waals surface area contributed by atoms with Crippen LogP contribution < -0.4 is 4.74 Å². The molecular weight excluding hydrogens is 200 g/mol. The molecule has 2 nitrogen and oxygen atoms in total. The monoisotopic (exact) mass is 208 g/mol. The van der Waals surface area contributed by atoms with E-state index in [0.717, 1.165) is 10.8 Å². The molecule has 0 amide bonds. The number of phenolic OH excluding ortho intramolecular Hbond substituents is 1. The molecule has 0 aromatic heterocycles. The van der Waals surface area contributed by atoms with E-state index in [1.165, 1.54) is 7.11 Å². The summed E-state index contributed by atoms with van der Waals surface area (Å²) in [7, 11) is 1.52. The number of rotatable bonds is 1. The predicted molar refractivity (Wildman–Crippen MR) is 57.2 cm³/mol. The first-order chi connectivity index (χ1) is 6.72. The summed E-state index contributed by atoms with van der Waals surface area (Å²) in [6, 6.07) is 8.94. The number of hydrogen-bond acceptors (Lipinski definition) is 2. The van der Waals surface area contributed by atoms with Crippen molar-refractivity contribution < 1.29 is 9.84 Å². The van der Waals surface area contributed by atoms with Crippen molar-refractivity contribution in [3.8, 4) is 11.5 Å². The summed E-state index contributed by atoms with van der Waals surface area (Å²) in [6.07, 6.45) is 0. The number of fused-ring (bicyclic) bond motifs is 1. The van der Waals surface area contributed by atoms with Gasteiger partial charge in [0.05, 0.1) is 7.11 Å². The molecule has 0 aliphatic carbocycles. The Balaban J connectivity index is 2.79. The van der Waals surface area contributed by atoms with Crippen LogP contribution in [-0.4, -0.2) is 12.2 Å². The van der Waals surface area contributed by atoms with Gasteiger partial charge in [0.1, 0.15) is 0 Å². The first-order valence-electron chi connectivity index (χ1n) is 4.17. The highest BCUT2D eigenvalue weighted by Gasteiger charge is 2.05. The van der Waals surface area contributed by atoms with Crippen LogP contribution in [0.1, 0.15) is 0 Å². The molecule has 0 spiro atoms. The van der Waals surface area contributed by atoms with E-state index >= 15 is 0 Å². The third-order valence-corrected chi connectivity index (χ3v) is 2.46. The van der Waals surface area contributed by atoms with E-state index in [-0.39, 0.29) is 5.75 Å². The Hall–Kier alpha value is -1.41. The van der Waals surface area contributed by atoms with Crippen LogP contribution in [-0.2, 0) is 0 Å². The first-order valence-corrected chi connectivity index (χ1v) is 4.55. The Morgan fingerprint density at radius 2 is 2.07 bits per heavy atom. The molecule has 0 saturated carbocycles. The lowest BCUT2D eigenvalue weighted by Gasteiger charge is -2.06. The molecule has 14 heavy (non-hydrogen) atoms. The van der Waals surface area contributed by atoms with Gasteiger partial charge in [0.15, 0.2) is 11.5 Å². The highest BCUT2D eigenvalue weighted by Crippen LogP contribution is 2.34. The molecule has 0 bridgehead atoms. The van der Waals surface area contributed by atoms with Crippen molar-refractivity contribution in [3.05, 3.63) is 35.4 Å². The standard InChI is InChI=1S/C11H9ClO2/c1-14-11-5-7-3-2-4-9(12)8(7)6-10(11)13/h2-6,13H,1H3. The molecule has 0 fully saturated rings. The van der Waals surface area contributed by atoms with Gasteiger partial charge in [0.25, 0.3) is 0 Å². The zero-order chi connectivity index (χ0) is 10.1. The zero-order valence-electron chi connectivity index (χ0n) is 7.62. The highest BCUT2D eigenvalue weighted by atomic mass is 35.5. The fourth-order valence-electron chi connectivity index (χ4n) is 1.42. The molecular formula is C11H9ClO2. The molecule has 0 aliphatic heterocycles. The van der Waals surface area contributed by atoms with Crippen molar-refractivity contribution in [2.75, 3.05) is 7.11 Å². The van der Waals surface area contributed by atoms with Crippen molar-refractivity contribution in [3.63, 3.8) is 0 Å². The second kappa shape index (κ2) is 3.39. The number of benzene rings is 2. The molecule has 0 unspecified atom stereocenters. The Kier molecular flexibility index (Phi) is 2.22. The van der Waals surface area contributed by atoms with Gasteiger partial charge in [-0.05, 0) is 23.6 Å². The molecule has 72 valence electrons. The minimum atomic E-state index is 0.105. The fraction of sp³-hybridized carbons (Fsp3) is 0.0909. The van der Waals surface area contributed by atoms with E-state index < -0.39 is 0 Å². The van der Waals surface area contributed by atoms with E-state index in [1.807, 2.05) is 12.1 Å². The molecule has 0 aliphatic rings. The van der Waals surface area contributed by atoms with Gasteiger partial charge < -0.3 is 9.84 Å². The number of halogens is 1. The van der Waals surface area contributed by atoms with Gasteiger partial charge in [-0.2, -0.15) is 0 Å². The summed E-state index contributed by atoms with van der Waals surface area (Å²) >= 11 is 5.97. The Labute approximate surface area is 86.7 Å². The number of methoxy groups -OCH3 is 1. The molecule has 2 aromatic carbocycles. The average molecular weight is 209 g/mol. The zero-order valence-corrected chi connectivity index (χ0v) is 8.38. The van der Waals surface area contributed by atoms with Crippen LogP contribution in [0.3, 0.4) is 0 Å². The molecule has 0 atom stereocenters. The lowest BCUT2D eigenvalue weighted by molar-refractivity contribution is 0.374. The van der Waals surface area contributed by atoms with E-state index in [9.17, 15) is 5.11 Å². The van der Waals surface area contributed by atoms with Gasteiger partial charge >= 0.3 is 0 Å². The predicted octanol–water partition coefficient (Wildman–Crippen LogP) is 3.21. The average Bonchev–Trinajstić information content (AvgIpc) is 2.19. The molecule has 3 heteroatoms. The van der Waals surface area contributed by atoms with Crippen LogP contribution in [0.4, 0.5) is 0 Å². The summed E-state index contributed by atoms with van der Waals surface area (Å²) in [4.78, 5) is 0. The summed E-state index contributed by atoms with van der Waals surface area (Å²) in [5, 5.41) is 12.0. The number of aromatic hydroxyl groups is 1. The van der Waals surface area contributed by atoms with Gasteiger partial charge in [0.2, 0.25) is 0 Å². The second-order valence-electron chi connectivity index (χ2n) is 2.99. The third-order valence-electron chi connectivity index (χ3n) is 2.13. The van der Waals surface area contributed by atoms with Crippen LogP contribution in [0.5, 0.6) is 11.5 Å². The van der Waals surface area contributed by atoms with E-state index in [4.69, 9.17) is 16.3 Å². The minimum absolute atomic E-state index is 0.105. The molecule has 2 aromatic rings. The molecule has 0 radical (unpaired) electrons. The van der Waals surface area contributed by atoms with Crippen LogP contribution in [0.2, 0.25) is 5.02 Å². The Morgan fingerprint density at radius 3 is 2.79 bits per heavy atom. The lowest BCUT2D eigenvalue weighted by Crippen LogP contribution is -1.84. The van der Waals surface area contributed by atoms with E-state index in [2.05, 4.69) is 0 Å². The van der Waals surface area contributed by atoms with Gasteiger partial charge in [-0.3, -0.25) is 0 Å². The topological polar surface area (TPSA) is 29.5 Å². The van der Waals surface area contributed by atoms with Crippen LogP contribution in [0.25, 0.3) is 10.8 Å². The van der Waals surface area contributed by atoms with Crippen LogP contribution >= 0.6 is 11.6 Å². The van der Waals surface area contributed by atoms with Gasteiger partial charge in [-0.1, -0.05) is 23.7 Å². The summed E-state index contributed by atoms with van der Waals surface area (Å²) in [5.74, 6) is 0.563. The van der Waals surface area contributed by atoms with Gasteiger partial charge in [-0.15, -0.1) is 0 Å². The number of phenols is 1. The highest BCUT2D eigenvalue weighted by molar-refractivity contribution is 6.35. The maximum atomic E-state index is 9.55. The van der Waals surface area contributed by atoms with Crippen LogP contribution in [0, 0.1) is 0 Å². The fourth-order valence-corrected chi connectivity index (χ4v) is 1.65. The largest absolute Gasteiger partial charge is 0.504 e. The molecule has 1 N–H and O–H groups in total. The number of hydrogen-bond donors (Lipinski definition) is 1. The summed E-state index contributed by atoms with van der Waals surface area (Å²) in [6.45, 7) is 0. The summed E-state index contributed by atoms with van der Waals surface area (Å²) < 4.78 is 5.00. The smallest absolute Gasteiger partial charge is 0.161 e. The maximum Gasteiger partial charge on any atom is 0.161 e. The van der Waals surface area contributed by atoms with Crippen molar-refractivity contribution in [1.29, 1.82) is 0 Å². The van der Waals surface area contributed by atoms with E-state index in [1.54, 1.807) is 18.2 Å². The quantitative estimate of drug-likeness (QED) is 0.780. The first kappa shape index (κ1) is 9.16. The van der Waals surface area contributed by atoms with Crippen molar-refractivity contribution in [2.24, 2.45) is 0 Å². The van der Waals surface area contributed by atoms with Crippen molar-refractivity contribution in [2.45, 2.75) is 0 Å². The summed E-state index contributed by atoms with van der Waals surface area (Å²) in [5.41, 5.74) is 0. The van der Waals surface area contributed by atoms with Crippen molar-refractivity contribution in [1.82, 2.24) is 0 Å². The molecule has 0 saturated heterocycles. The SMILES string of the molecule is COc1cc2cccc(Cl)c2cc1O. The normalized spacial score (nSPS) is 10.4. The van der Waals surface area contributed by atoms with Gasteiger partial charge in [-0.25, -0.2) is 0 Å². The number of ether oxygens (including phenoxy) is 1. The third kappa shape index (κ3) is 1.38. The second-order valence-corrected chi connectivity index (χ2v) is 3.39. The Bertz CT molecular complexity index is 480. The lowest BCUT2D eigenvalue weighted by atomic mass is 10.1. The molecule has 2 rings (SSSR count). The van der Waals surface area contributed by atoms with Crippen LogP contribution in [0.15, 0.2) is 30.3 Å². The molecule has 0 heterocycles. The Morgan fingerprint density at radius 1 is 1.29 bits per heavy atom. The van der Waals surface area contributed by atoms with Gasteiger partial charge in [0, 0.05) is 10.4 Å². The van der Waals surface area contributed by atoms with Crippen molar-refractivity contribution >= 4 is 22.4 Å².